The Bertz CT molecular complexity index is 908. The lowest BCUT2D eigenvalue weighted by atomic mass is 9.99. The average molecular weight is 445 g/mol. The number of halogens is 2. The average Bonchev–Trinajstić information content (AvgIpc) is 3.10. The van der Waals surface area contributed by atoms with Gasteiger partial charge in [0.05, 0.1) is 19.1 Å². The zero-order valence-corrected chi connectivity index (χ0v) is 17.4. The number of carbonyl (C=O) groups is 3. The van der Waals surface area contributed by atoms with Crippen LogP contribution in [-0.4, -0.2) is 64.9 Å². The molecule has 1 saturated heterocycles. The molecule has 0 bridgehead atoms. The van der Waals surface area contributed by atoms with Crippen molar-refractivity contribution >= 4 is 17.7 Å². The van der Waals surface area contributed by atoms with E-state index >= 15 is 0 Å². The van der Waals surface area contributed by atoms with E-state index < -0.39 is 54.8 Å². The lowest BCUT2D eigenvalue weighted by Crippen LogP contribution is -2.56. The van der Waals surface area contributed by atoms with Crippen LogP contribution in [0.5, 0.6) is 0 Å². The number of hydrogen-bond donors (Lipinski definition) is 3. The minimum Gasteiger partial charge on any atom is -0.381 e. The molecule has 170 valence electrons. The molecule has 9 heteroatoms. The fourth-order valence-electron chi connectivity index (χ4n) is 3.46. The number of terminal acetylenes is 2. The highest BCUT2D eigenvalue weighted by Crippen LogP contribution is 2.33. The lowest BCUT2D eigenvalue weighted by molar-refractivity contribution is -0.147. The molecule has 0 radical (unpaired) electrons. The van der Waals surface area contributed by atoms with E-state index in [0.29, 0.717) is 10.5 Å². The Balaban J connectivity index is 2.23. The maximum absolute atomic E-state index is 14.1. The molecule has 0 aromatic heterocycles. The quantitative estimate of drug-likeness (QED) is 0.482. The van der Waals surface area contributed by atoms with Crippen LogP contribution in [0.2, 0.25) is 0 Å². The van der Waals surface area contributed by atoms with Crippen molar-refractivity contribution in [3.05, 3.63) is 35.9 Å². The summed E-state index contributed by atoms with van der Waals surface area (Å²) < 4.78 is 28.1. The molecule has 1 aliphatic heterocycles. The molecule has 1 heterocycles. The minimum absolute atomic E-state index is 0.0262. The number of nitrogens with zero attached hydrogens (tertiary/aromatic N) is 1. The molecular formula is C23H25F2N3O4. The first-order valence-electron chi connectivity index (χ1n) is 10.0. The first kappa shape index (κ1) is 24.8. The Kier molecular flexibility index (Phi) is 8.74. The molecule has 0 unspecified atom stereocenters. The molecule has 1 aromatic carbocycles. The molecule has 0 aliphatic carbocycles. The Morgan fingerprint density at radius 1 is 1.22 bits per heavy atom. The second-order valence-corrected chi connectivity index (χ2v) is 7.48. The van der Waals surface area contributed by atoms with Crippen molar-refractivity contribution < 1.29 is 28.3 Å². The highest BCUT2D eigenvalue weighted by atomic mass is 19.3. The van der Waals surface area contributed by atoms with Gasteiger partial charge in [-0.1, -0.05) is 36.3 Å². The summed E-state index contributed by atoms with van der Waals surface area (Å²) in [5.41, 5.74) is 0.705. The van der Waals surface area contributed by atoms with E-state index in [1.54, 1.807) is 30.3 Å². The third-order valence-electron chi connectivity index (χ3n) is 5.00. The summed E-state index contributed by atoms with van der Waals surface area (Å²) in [7, 11) is 0. The predicted molar refractivity (Wildman–Crippen MR) is 113 cm³/mol. The van der Waals surface area contributed by atoms with Gasteiger partial charge < -0.3 is 20.6 Å². The fraction of sp³-hybridized carbons (Fsp3) is 0.435. The number of alkyl halides is 2. The predicted octanol–water partition coefficient (Wildman–Crippen LogP) is 0.474. The van der Waals surface area contributed by atoms with E-state index in [4.69, 9.17) is 12.8 Å². The van der Waals surface area contributed by atoms with Gasteiger partial charge >= 0.3 is 0 Å². The van der Waals surface area contributed by atoms with E-state index in [-0.39, 0.29) is 25.8 Å². The highest BCUT2D eigenvalue weighted by Gasteiger charge is 2.51. The molecule has 32 heavy (non-hydrogen) atoms. The van der Waals surface area contributed by atoms with Gasteiger partial charge in [-0.3, -0.25) is 14.4 Å². The van der Waals surface area contributed by atoms with Gasteiger partial charge in [-0.25, -0.2) is 8.78 Å². The van der Waals surface area contributed by atoms with Gasteiger partial charge in [-0.05, 0) is 12.0 Å². The van der Waals surface area contributed by atoms with Gasteiger partial charge in [0.1, 0.15) is 6.04 Å². The standard InChI is InChI=1S/C23H25F2N3O4/c1-3-5-11-19(29)27-17(13-16-9-7-6-8-10-16)20(30)22(32)28-15-23(24,25)14-18(28)21(31)26-12-4-2/h1-2,6-10,17-18,20,30H,5,11-15H2,(H,26,31)(H,27,29)/t17-,18-,20-/m0/s1. The summed E-state index contributed by atoms with van der Waals surface area (Å²) in [6.45, 7) is -1.21. The molecule has 2 rings (SSSR count). The number of nitrogens with one attached hydrogen (secondary N) is 2. The molecule has 0 spiro atoms. The van der Waals surface area contributed by atoms with Crippen LogP contribution in [0.3, 0.4) is 0 Å². The molecule has 0 saturated carbocycles. The van der Waals surface area contributed by atoms with Crippen LogP contribution in [0.15, 0.2) is 30.3 Å². The van der Waals surface area contributed by atoms with E-state index in [1.165, 1.54) is 0 Å². The molecule has 1 aliphatic rings. The SMILES string of the molecule is C#CCCC(=O)N[C@@H](Cc1ccccc1)[C@H](O)C(=O)N1CC(F)(F)C[C@H]1C(=O)NCC#C. The summed E-state index contributed by atoms with van der Waals surface area (Å²) in [6.07, 6.45) is 7.69. The van der Waals surface area contributed by atoms with Crippen molar-refractivity contribution in [1.29, 1.82) is 0 Å². The Labute approximate surface area is 185 Å². The van der Waals surface area contributed by atoms with E-state index in [0.717, 1.165) is 0 Å². The second-order valence-electron chi connectivity index (χ2n) is 7.48. The lowest BCUT2D eigenvalue weighted by Gasteiger charge is -2.30. The normalized spacial score (nSPS) is 18.7. The highest BCUT2D eigenvalue weighted by molar-refractivity contribution is 5.91. The number of amides is 3. The third kappa shape index (κ3) is 6.79. The number of rotatable bonds is 9. The van der Waals surface area contributed by atoms with Crippen LogP contribution in [0.25, 0.3) is 0 Å². The maximum atomic E-state index is 14.1. The van der Waals surface area contributed by atoms with Crippen molar-refractivity contribution in [2.45, 2.75) is 49.8 Å². The van der Waals surface area contributed by atoms with E-state index in [2.05, 4.69) is 22.5 Å². The largest absolute Gasteiger partial charge is 0.381 e. The molecule has 3 atom stereocenters. The zero-order chi connectivity index (χ0) is 23.7. The van der Waals surface area contributed by atoms with Crippen molar-refractivity contribution in [3.63, 3.8) is 0 Å². The molecule has 3 amide bonds. The smallest absolute Gasteiger partial charge is 0.267 e. The van der Waals surface area contributed by atoms with Gasteiger partial charge in [0, 0.05) is 19.3 Å². The number of aliphatic hydroxyl groups is 1. The van der Waals surface area contributed by atoms with Crippen molar-refractivity contribution in [2.24, 2.45) is 0 Å². The fourth-order valence-corrected chi connectivity index (χ4v) is 3.46. The van der Waals surface area contributed by atoms with Gasteiger partial charge in [0.25, 0.3) is 11.8 Å². The molecule has 1 aromatic rings. The van der Waals surface area contributed by atoms with Crippen LogP contribution < -0.4 is 10.6 Å². The Morgan fingerprint density at radius 3 is 2.53 bits per heavy atom. The molecule has 3 N–H and O–H groups in total. The van der Waals surface area contributed by atoms with Crippen LogP contribution in [0, 0.1) is 24.7 Å². The Morgan fingerprint density at radius 2 is 1.91 bits per heavy atom. The summed E-state index contributed by atoms with van der Waals surface area (Å²) in [5, 5.41) is 15.6. The van der Waals surface area contributed by atoms with Crippen molar-refractivity contribution in [3.8, 4) is 24.7 Å². The number of likely N-dealkylation sites (tertiary alicyclic amines) is 1. The van der Waals surface area contributed by atoms with Crippen molar-refractivity contribution in [2.75, 3.05) is 13.1 Å². The summed E-state index contributed by atoms with van der Waals surface area (Å²) in [5.74, 6) is -1.24. The second kappa shape index (κ2) is 11.3. The van der Waals surface area contributed by atoms with Crippen LogP contribution >= 0.6 is 0 Å². The summed E-state index contributed by atoms with van der Waals surface area (Å²) in [6, 6.07) is 6.13. The summed E-state index contributed by atoms with van der Waals surface area (Å²) >= 11 is 0. The topological polar surface area (TPSA) is 98.7 Å². The Hall–Kier alpha value is -3.43. The number of carbonyl (C=O) groups excluding carboxylic acids is 3. The molecule has 1 fully saturated rings. The van der Waals surface area contributed by atoms with Gasteiger partial charge in [-0.15, -0.1) is 18.8 Å². The first-order valence-corrected chi connectivity index (χ1v) is 10.0. The monoisotopic (exact) mass is 445 g/mol. The van der Waals surface area contributed by atoms with Crippen LogP contribution in [-0.2, 0) is 20.8 Å². The zero-order valence-electron chi connectivity index (χ0n) is 17.4. The van der Waals surface area contributed by atoms with Gasteiger partial charge in [0.15, 0.2) is 6.10 Å². The first-order chi connectivity index (χ1) is 15.2. The molecule has 7 nitrogen and oxygen atoms in total. The molecular weight excluding hydrogens is 420 g/mol. The van der Waals surface area contributed by atoms with Crippen LogP contribution in [0.4, 0.5) is 8.78 Å². The van der Waals surface area contributed by atoms with Gasteiger partial charge in [-0.2, -0.15) is 0 Å². The van der Waals surface area contributed by atoms with Crippen molar-refractivity contribution in [1.82, 2.24) is 15.5 Å². The van der Waals surface area contributed by atoms with Crippen LogP contribution in [0.1, 0.15) is 24.8 Å². The summed E-state index contributed by atoms with van der Waals surface area (Å²) in [4.78, 5) is 38.1. The van der Waals surface area contributed by atoms with E-state index in [9.17, 15) is 28.3 Å². The number of aliphatic hydroxyl groups excluding tert-OH is 1. The third-order valence-corrected chi connectivity index (χ3v) is 5.00. The maximum Gasteiger partial charge on any atom is 0.267 e. The number of benzene rings is 1. The van der Waals surface area contributed by atoms with Gasteiger partial charge in [0.2, 0.25) is 11.8 Å². The number of hydrogen-bond acceptors (Lipinski definition) is 4. The van der Waals surface area contributed by atoms with E-state index in [1.807, 2.05) is 0 Å². The minimum atomic E-state index is -3.31.